The van der Waals surface area contributed by atoms with E-state index < -0.39 is 4.92 Å². The van der Waals surface area contributed by atoms with Gasteiger partial charge in [0.15, 0.2) is 11.5 Å². The minimum absolute atomic E-state index is 0.0483. The van der Waals surface area contributed by atoms with Gasteiger partial charge in [0.1, 0.15) is 12.4 Å². The Morgan fingerprint density at radius 2 is 1.84 bits per heavy atom. The molecule has 3 rings (SSSR count). The number of ketones is 1. The highest BCUT2D eigenvalue weighted by atomic mass is 35.5. The van der Waals surface area contributed by atoms with Gasteiger partial charge in [-0.3, -0.25) is 14.9 Å². The molecule has 0 aliphatic heterocycles. The number of nitrogens with zero attached hydrogens (tertiary/aromatic N) is 1. The van der Waals surface area contributed by atoms with Gasteiger partial charge in [-0.05, 0) is 48.0 Å². The predicted octanol–water partition coefficient (Wildman–Crippen LogP) is 6.39. The van der Waals surface area contributed by atoms with E-state index in [1.54, 1.807) is 48.5 Å². The van der Waals surface area contributed by atoms with Crippen LogP contribution in [0.25, 0.3) is 6.08 Å². The molecule has 0 bridgehead atoms. The number of halogens is 2. The van der Waals surface area contributed by atoms with Crippen molar-refractivity contribution in [2.75, 3.05) is 7.11 Å². The first-order valence-electron chi connectivity index (χ1n) is 9.09. The number of methoxy groups -OCH3 is 1. The minimum Gasteiger partial charge on any atom is -0.496 e. The van der Waals surface area contributed by atoms with Crippen LogP contribution in [0.5, 0.6) is 11.5 Å². The van der Waals surface area contributed by atoms with Gasteiger partial charge in [-0.15, -0.1) is 0 Å². The number of hydrogen-bond donors (Lipinski definition) is 0. The average Bonchev–Trinajstić information content (AvgIpc) is 2.76. The molecule has 3 aromatic carbocycles. The van der Waals surface area contributed by atoms with Crippen LogP contribution in [0.1, 0.15) is 21.5 Å². The van der Waals surface area contributed by atoms with Crippen molar-refractivity contribution < 1.29 is 19.2 Å². The highest BCUT2D eigenvalue weighted by Crippen LogP contribution is 2.29. The average molecular weight is 458 g/mol. The molecule has 0 amide bonds. The van der Waals surface area contributed by atoms with E-state index in [1.165, 1.54) is 31.4 Å². The smallest absolute Gasteiger partial charge is 0.310 e. The second kappa shape index (κ2) is 10.1. The number of nitro groups is 1. The maximum absolute atomic E-state index is 12.4. The minimum atomic E-state index is -0.501. The van der Waals surface area contributed by atoms with E-state index >= 15 is 0 Å². The molecule has 0 saturated heterocycles. The van der Waals surface area contributed by atoms with Gasteiger partial charge in [0.2, 0.25) is 0 Å². The number of benzene rings is 3. The van der Waals surface area contributed by atoms with Gasteiger partial charge in [-0.1, -0.05) is 47.5 Å². The summed E-state index contributed by atoms with van der Waals surface area (Å²) in [6, 6.07) is 16.1. The summed E-state index contributed by atoms with van der Waals surface area (Å²) in [4.78, 5) is 23.1. The largest absolute Gasteiger partial charge is 0.496 e. The number of ether oxygens (including phenoxy) is 2. The maximum atomic E-state index is 12.4. The van der Waals surface area contributed by atoms with E-state index in [0.717, 1.165) is 5.56 Å². The molecule has 158 valence electrons. The quantitative estimate of drug-likeness (QED) is 0.169. The van der Waals surface area contributed by atoms with Gasteiger partial charge in [-0.2, -0.15) is 0 Å². The third-order valence-corrected chi connectivity index (χ3v) is 4.92. The number of carbonyl (C=O) groups excluding carboxylic acids is 1. The molecule has 8 heteroatoms. The zero-order chi connectivity index (χ0) is 22.4. The van der Waals surface area contributed by atoms with Crippen LogP contribution in [0.15, 0.2) is 66.7 Å². The molecule has 0 fully saturated rings. The molecule has 0 spiro atoms. The zero-order valence-corrected chi connectivity index (χ0v) is 17.9. The van der Waals surface area contributed by atoms with Crippen LogP contribution in [0, 0.1) is 10.1 Å². The van der Waals surface area contributed by atoms with E-state index in [9.17, 15) is 14.9 Å². The summed E-state index contributed by atoms with van der Waals surface area (Å²) in [6.45, 7) is 0.0483. The van der Waals surface area contributed by atoms with Crippen molar-refractivity contribution in [3.05, 3.63) is 104 Å². The molecular weight excluding hydrogens is 441 g/mol. The highest BCUT2D eigenvalue weighted by molar-refractivity contribution is 6.37. The summed E-state index contributed by atoms with van der Waals surface area (Å²) in [5.41, 5.74) is 1.61. The van der Waals surface area contributed by atoms with Gasteiger partial charge in [0, 0.05) is 22.2 Å². The molecule has 3 aromatic rings. The van der Waals surface area contributed by atoms with Gasteiger partial charge in [0.05, 0.1) is 17.1 Å². The number of nitro benzene ring substituents is 1. The Balaban J connectivity index is 1.80. The lowest BCUT2D eigenvalue weighted by atomic mass is 10.1. The van der Waals surface area contributed by atoms with Gasteiger partial charge >= 0.3 is 5.69 Å². The molecular formula is C23H17Cl2NO5. The molecule has 0 saturated carbocycles. The molecule has 0 aliphatic carbocycles. The number of para-hydroxylation sites is 2. The first-order chi connectivity index (χ1) is 14.9. The normalized spacial score (nSPS) is 10.8. The van der Waals surface area contributed by atoms with Gasteiger partial charge in [-0.25, -0.2) is 0 Å². The summed E-state index contributed by atoms with van der Waals surface area (Å²) in [5.74, 6) is 0.445. The number of hydrogen-bond acceptors (Lipinski definition) is 5. The Bertz CT molecular complexity index is 1160. The van der Waals surface area contributed by atoms with Crippen molar-refractivity contribution in [3.63, 3.8) is 0 Å². The Morgan fingerprint density at radius 3 is 2.55 bits per heavy atom. The van der Waals surface area contributed by atoms with Gasteiger partial charge in [0.25, 0.3) is 0 Å². The molecule has 0 atom stereocenters. The SMILES string of the molecule is COc1ccc(/C=C/C(=O)c2ccc(Cl)cc2Cl)cc1COc1ccccc1[N+](=O)[O-]. The Morgan fingerprint density at radius 1 is 1.06 bits per heavy atom. The van der Waals surface area contributed by atoms with E-state index in [-0.39, 0.29) is 28.8 Å². The standard InChI is InChI=1S/C23H17Cl2NO5/c1-30-22-11-7-15(6-10-21(27)18-9-8-17(24)13-19(18)25)12-16(22)14-31-23-5-3-2-4-20(23)26(28)29/h2-13H,14H2,1H3/b10-6+. The molecule has 0 unspecified atom stereocenters. The summed E-state index contributed by atoms with van der Waals surface area (Å²) < 4.78 is 11.0. The van der Waals surface area contributed by atoms with Crippen LogP contribution >= 0.6 is 23.2 Å². The third-order valence-electron chi connectivity index (χ3n) is 4.37. The molecule has 6 nitrogen and oxygen atoms in total. The van der Waals surface area contributed by atoms with Crippen molar-refractivity contribution in [3.8, 4) is 11.5 Å². The van der Waals surface area contributed by atoms with Gasteiger partial charge < -0.3 is 9.47 Å². The Kier molecular flexibility index (Phi) is 7.28. The first-order valence-corrected chi connectivity index (χ1v) is 9.85. The van der Waals surface area contributed by atoms with Crippen LogP contribution in [-0.2, 0) is 6.61 Å². The molecule has 0 aromatic heterocycles. The van der Waals surface area contributed by atoms with E-state index in [1.807, 2.05) is 0 Å². The number of rotatable bonds is 8. The molecule has 0 heterocycles. The molecule has 0 radical (unpaired) electrons. The van der Waals surface area contributed by atoms with E-state index in [0.29, 0.717) is 21.9 Å². The fourth-order valence-corrected chi connectivity index (χ4v) is 3.35. The van der Waals surface area contributed by atoms with Crippen molar-refractivity contribution in [2.24, 2.45) is 0 Å². The van der Waals surface area contributed by atoms with Crippen molar-refractivity contribution in [1.82, 2.24) is 0 Å². The summed E-state index contributed by atoms with van der Waals surface area (Å²) in [7, 11) is 1.52. The Hall–Kier alpha value is -3.35. The second-order valence-corrected chi connectivity index (χ2v) is 7.25. The van der Waals surface area contributed by atoms with Crippen LogP contribution < -0.4 is 9.47 Å². The summed E-state index contributed by atoms with van der Waals surface area (Å²) >= 11 is 12.0. The molecule has 0 aliphatic rings. The topological polar surface area (TPSA) is 78.7 Å². The predicted molar refractivity (Wildman–Crippen MR) is 120 cm³/mol. The molecule has 31 heavy (non-hydrogen) atoms. The Labute approximate surface area is 188 Å². The fourth-order valence-electron chi connectivity index (χ4n) is 2.85. The monoisotopic (exact) mass is 457 g/mol. The summed E-state index contributed by atoms with van der Waals surface area (Å²) in [5, 5.41) is 11.9. The lowest BCUT2D eigenvalue weighted by molar-refractivity contribution is -0.385. The zero-order valence-electron chi connectivity index (χ0n) is 16.4. The third kappa shape index (κ3) is 5.63. The van der Waals surface area contributed by atoms with Crippen LogP contribution in [0.3, 0.4) is 0 Å². The second-order valence-electron chi connectivity index (χ2n) is 6.41. The number of carbonyl (C=O) groups is 1. The van der Waals surface area contributed by atoms with Crippen LogP contribution in [0.4, 0.5) is 5.69 Å². The van der Waals surface area contributed by atoms with Crippen LogP contribution in [-0.4, -0.2) is 17.8 Å². The van der Waals surface area contributed by atoms with E-state index in [2.05, 4.69) is 0 Å². The lowest BCUT2D eigenvalue weighted by Gasteiger charge is -2.11. The van der Waals surface area contributed by atoms with Crippen molar-refractivity contribution in [1.29, 1.82) is 0 Å². The van der Waals surface area contributed by atoms with E-state index in [4.69, 9.17) is 32.7 Å². The lowest BCUT2D eigenvalue weighted by Crippen LogP contribution is -2.01. The summed E-state index contributed by atoms with van der Waals surface area (Å²) in [6.07, 6.45) is 3.05. The fraction of sp³-hybridized carbons (Fsp3) is 0.0870. The van der Waals surface area contributed by atoms with Crippen LogP contribution in [0.2, 0.25) is 10.0 Å². The molecule has 0 N–H and O–H groups in total. The highest BCUT2D eigenvalue weighted by Gasteiger charge is 2.15. The first kappa shape index (κ1) is 22.3. The number of allylic oxidation sites excluding steroid dienone is 1. The maximum Gasteiger partial charge on any atom is 0.310 e. The van der Waals surface area contributed by atoms with Crippen molar-refractivity contribution >= 4 is 40.7 Å². The van der Waals surface area contributed by atoms with Crippen molar-refractivity contribution in [2.45, 2.75) is 6.61 Å².